The van der Waals surface area contributed by atoms with E-state index in [0.717, 1.165) is 31.6 Å². The van der Waals surface area contributed by atoms with E-state index in [1.54, 1.807) is 6.07 Å². The summed E-state index contributed by atoms with van der Waals surface area (Å²) in [6.45, 7) is 1.81. The van der Waals surface area contributed by atoms with Crippen LogP contribution in [0.5, 0.6) is 11.5 Å². The number of benzene rings is 2. The van der Waals surface area contributed by atoms with Gasteiger partial charge in [0.2, 0.25) is 5.91 Å². The fourth-order valence-electron chi connectivity index (χ4n) is 2.59. The second kappa shape index (κ2) is 7.49. The van der Waals surface area contributed by atoms with Crippen LogP contribution in [0, 0.1) is 5.92 Å². The van der Waals surface area contributed by atoms with Crippen LogP contribution in [0.1, 0.15) is 12.8 Å². The largest absolute Gasteiger partial charge is 0.456 e. The van der Waals surface area contributed by atoms with E-state index in [2.05, 4.69) is 10.6 Å². The highest BCUT2D eigenvalue weighted by Crippen LogP contribution is 2.29. The van der Waals surface area contributed by atoms with Crippen molar-refractivity contribution in [3.8, 4) is 11.5 Å². The summed E-state index contributed by atoms with van der Waals surface area (Å²) in [5.41, 5.74) is 0.778. The molecule has 0 atom stereocenters. The minimum atomic E-state index is 0.0891. The average Bonchev–Trinajstić information content (AvgIpc) is 2.59. The summed E-state index contributed by atoms with van der Waals surface area (Å²) in [6.07, 6.45) is 1.78. The van der Waals surface area contributed by atoms with E-state index in [1.165, 1.54) is 0 Å². The van der Waals surface area contributed by atoms with E-state index in [0.29, 0.717) is 16.5 Å². The molecule has 0 bridgehead atoms. The van der Waals surface area contributed by atoms with Gasteiger partial charge in [-0.2, -0.15) is 0 Å². The first kappa shape index (κ1) is 15.8. The molecule has 0 radical (unpaired) electrons. The number of rotatable bonds is 4. The van der Waals surface area contributed by atoms with Crippen LogP contribution in [0.2, 0.25) is 5.02 Å². The molecule has 1 aliphatic heterocycles. The van der Waals surface area contributed by atoms with Crippen LogP contribution in [-0.4, -0.2) is 19.0 Å². The molecule has 4 nitrogen and oxygen atoms in total. The van der Waals surface area contributed by atoms with Gasteiger partial charge in [0.05, 0.1) is 5.02 Å². The van der Waals surface area contributed by atoms with Gasteiger partial charge in [-0.05, 0) is 62.3 Å². The van der Waals surface area contributed by atoms with Gasteiger partial charge in [-0.15, -0.1) is 0 Å². The Morgan fingerprint density at radius 1 is 1.09 bits per heavy atom. The molecule has 2 aromatic rings. The van der Waals surface area contributed by atoms with E-state index in [4.69, 9.17) is 16.3 Å². The number of amides is 1. The standard InChI is InChI=1S/C18H19ClN2O2/c19-16-3-1-2-4-17(16)23-15-7-5-14(6-8-15)21-18(22)13-9-11-20-12-10-13/h1-8,13,20H,9-12H2,(H,21,22). The highest BCUT2D eigenvalue weighted by molar-refractivity contribution is 6.32. The number of halogens is 1. The van der Waals surface area contributed by atoms with Gasteiger partial charge in [0, 0.05) is 11.6 Å². The average molecular weight is 331 g/mol. The third-order valence-electron chi connectivity index (χ3n) is 3.90. The van der Waals surface area contributed by atoms with Crippen LogP contribution in [0.25, 0.3) is 0 Å². The first-order chi connectivity index (χ1) is 11.2. The van der Waals surface area contributed by atoms with Gasteiger partial charge in [-0.1, -0.05) is 23.7 Å². The van der Waals surface area contributed by atoms with Crippen molar-refractivity contribution in [3.63, 3.8) is 0 Å². The monoisotopic (exact) mass is 330 g/mol. The minimum Gasteiger partial charge on any atom is -0.456 e. The van der Waals surface area contributed by atoms with E-state index in [1.807, 2.05) is 42.5 Å². The molecule has 2 N–H and O–H groups in total. The molecule has 3 rings (SSSR count). The van der Waals surface area contributed by atoms with Crippen molar-refractivity contribution in [2.75, 3.05) is 18.4 Å². The third kappa shape index (κ3) is 4.24. The molecule has 1 saturated heterocycles. The summed E-state index contributed by atoms with van der Waals surface area (Å²) in [7, 11) is 0. The Labute approximate surface area is 140 Å². The normalized spacial score (nSPS) is 15.2. The van der Waals surface area contributed by atoms with Crippen molar-refractivity contribution in [2.45, 2.75) is 12.8 Å². The van der Waals surface area contributed by atoms with E-state index < -0.39 is 0 Å². The van der Waals surface area contributed by atoms with Crippen LogP contribution in [0.4, 0.5) is 5.69 Å². The first-order valence-electron chi connectivity index (χ1n) is 7.76. The Kier molecular flexibility index (Phi) is 5.16. The lowest BCUT2D eigenvalue weighted by atomic mass is 9.97. The van der Waals surface area contributed by atoms with Crippen LogP contribution < -0.4 is 15.4 Å². The van der Waals surface area contributed by atoms with Gasteiger partial charge in [0.15, 0.2) is 0 Å². The predicted molar refractivity (Wildman–Crippen MR) is 92.2 cm³/mol. The molecular formula is C18H19ClN2O2. The fraction of sp³-hybridized carbons (Fsp3) is 0.278. The SMILES string of the molecule is O=C(Nc1ccc(Oc2ccccc2Cl)cc1)C1CCNCC1. The van der Waals surface area contributed by atoms with Crippen LogP contribution >= 0.6 is 11.6 Å². The van der Waals surface area contributed by atoms with E-state index >= 15 is 0 Å². The number of hydrogen-bond acceptors (Lipinski definition) is 3. The van der Waals surface area contributed by atoms with Crippen LogP contribution in [-0.2, 0) is 4.79 Å². The molecular weight excluding hydrogens is 312 g/mol. The maximum atomic E-state index is 12.2. The number of carbonyl (C=O) groups is 1. The second-order valence-electron chi connectivity index (χ2n) is 5.57. The predicted octanol–water partition coefficient (Wildman–Crippen LogP) is 4.07. The van der Waals surface area contributed by atoms with Crippen molar-refractivity contribution in [1.82, 2.24) is 5.32 Å². The van der Waals surface area contributed by atoms with Gasteiger partial charge < -0.3 is 15.4 Å². The number of para-hydroxylation sites is 1. The number of piperidine rings is 1. The maximum absolute atomic E-state index is 12.2. The highest BCUT2D eigenvalue weighted by Gasteiger charge is 2.20. The summed E-state index contributed by atoms with van der Waals surface area (Å²) >= 11 is 6.07. The highest BCUT2D eigenvalue weighted by atomic mass is 35.5. The number of anilines is 1. The zero-order chi connectivity index (χ0) is 16.1. The van der Waals surface area contributed by atoms with Gasteiger partial charge in [0.1, 0.15) is 11.5 Å². The van der Waals surface area contributed by atoms with E-state index in [9.17, 15) is 4.79 Å². The molecule has 0 aliphatic carbocycles. The number of hydrogen-bond donors (Lipinski definition) is 2. The molecule has 120 valence electrons. The summed E-state index contributed by atoms with van der Waals surface area (Å²) in [4.78, 5) is 12.2. The molecule has 0 unspecified atom stereocenters. The second-order valence-corrected chi connectivity index (χ2v) is 5.98. The quantitative estimate of drug-likeness (QED) is 0.888. The van der Waals surface area contributed by atoms with E-state index in [-0.39, 0.29) is 11.8 Å². The zero-order valence-electron chi connectivity index (χ0n) is 12.7. The van der Waals surface area contributed by atoms with Crippen molar-refractivity contribution in [2.24, 2.45) is 5.92 Å². The Bertz CT molecular complexity index is 667. The molecule has 0 aromatic heterocycles. The summed E-state index contributed by atoms with van der Waals surface area (Å²) < 4.78 is 5.73. The third-order valence-corrected chi connectivity index (χ3v) is 4.21. The Morgan fingerprint density at radius 3 is 2.48 bits per heavy atom. The Morgan fingerprint density at radius 2 is 1.78 bits per heavy atom. The smallest absolute Gasteiger partial charge is 0.227 e. The molecule has 5 heteroatoms. The molecule has 1 amide bonds. The van der Waals surface area contributed by atoms with Crippen LogP contribution in [0.15, 0.2) is 48.5 Å². The maximum Gasteiger partial charge on any atom is 0.227 e. The van der Waals surface area contributed by atoms with Gasteiger partial charge in [-0.3, -0.25) is 4.79 Å². The lowest BCUT2D eigenvalue weighted by Crippen LogP contribution is -2.34. The van der Waals surface area contributed by atoms with Crippen molar-refractivity contribution >= 4 is 23.2 Å². The molecule has 2 aromatic carbocycles. The number of ether oxygens (including phenoxy) is 1. The number of nitrogens with one attached hydrogen (secondary N) is 2. The van der Waals surface area contributed by atoms with Gasteiger partial charge in [0.25, 0.3) is 0 Å². The summed E-state index contributed by atoms with van der Waals surface area (Å²) in [5.74, 6) is 1.47. The first-order valence-corrected chi connectivity index (χ1v) is 8.14. The van der Waals surface area contributed by atoms with Crippen molar-refractivity contribution in [3.05, 3.63) is 53.6 Å². The van der Waals surface area contributed by atoms with Gasteiger partial charge >= 0.3 is 0 Å². The lowest BCUT2D eigenvalue weighted by Gasteiger charge is -2.21. The fourth-order valence-corrected chi connectivity index (χ4v) is 2.76. The molecule has 23 heavy (non-hydrogen) atoms. The van der Waals surface area contributed by atoms with Crippen molar-refractivity contribution in [1.29, 1.82) is 0 Å². The molecule has 0 saturated carbocycles. The zero-order valence-corrected chi connectivity index (χ0v) is 13.5. The number of carbonyl (C=O) groups excluding carboxylic acids is 1. The van der Waals surface area contributed by atoms with Gasteiger partial charge in [-0.25, -0.2) is 0 Å². The molecule has 1 fully saturated rings. The molecule has 0 spiro atoms. The minimum absolute atomic E-state index is 0.0891. The summed E-state index contributed by atoms with van der Waals surface area (Å²) in [6, 6.07) is 14.6. The Balaban J connectivity index is 1.60. The molecule has 1 heterocycles. The molecule has 1 aliphatic rings. The Hall–Kier alpha value is -2.04. The van der Waals surface area contributed by atoms with Crippen LogP contribution in [0.3, 0.4) is 0 Å². The van der Waals surface area contributed by atoms with Crippen molar-refractivity contribution < 1.29 is 9.53 Å². The topological polar surface area (TPSA) is 50.4 Å². The summed E-state index contributed by atoms with van der Waals surface area (Å²) in [5, 5.41) is 6.79. The lowest BCUT2D eigenvalue weighted by molar-refractivity contribution is -0.120.